The predicted octanol–water partition coefficient (Wildman–Crippen LogP) is 4.39. The largest absolute Gasteiger partial charge is 0.380 e. The van der Waals surface area contributed by atoms with Crippen molar-refractivity contribution in [2.45, 2.75) is 61.7 Å². The number of alkyl halides is 3. The zero-order chi connectivity index (χ0) is 14.3. The molecule has 1 aliphatic rings. The van der Waals surface area contributed by atoms with Crippen LogP contribution in [-0.2, 0) is 9.53 Å². The number of carbonyl (C=O) groups is 1. The maximum Gasteiger partial charge on any atom is 0.306 e. The van der Waals surface area contributed by atoms with Crippen molar-refractivity contribution in [3.63, 3.8) is 0 Å². The van der Waals surface area contributed by atoms with Crippen LogP contribution in [0.15, 0.2) is 0 Å². The first-order valence-corrected chi connectivity index (χ1v) is 8.36. The van der Waals surface area contributed by atoms with Crippen molar-refractivity contribution in [1.29, 1.82) is 0 Å². The summed E-state index contributed by atoms with van der Waals surface area (Å²) in [6, 6.07) is 0. The molecule has 1 atom stereocenters. The van der Waals surface area contributed by atoms with Crippen molar-refractivity contribution in [2.24, 2.45) is 5.92 Å². The molecule has 1 rings (SSSR count). The first kappa shape index (κ1) is 17.3. The fourth-order valence-corrected chi connectivity index (χ4v) is 3.26. The zero-order valence-corrected chi connectivity index (χ0v) is 13.6. The van der Waals surface area contributed by atoms with Gasteiger partial charge in [-0.1, -0.05) is 48.8 Å². The quantitative estimate of drug-likeness (QED) is 0.350. The van der Waals surface area contributed by atoms with Crippen LogP contribution in [0.25, 0.3) is 0 Å². The molecular formula is C14H23F2IO2. The monoisotopic (exact) mass is 388 g/mol. The smallest absolute Gasteiger partial charge is 0.306 e. The third-order valence-corrected chi connectivity index (χ3v) is 4.26. The van der Waals surface area contributed by atoms with Gasteiger partial charge in [0.25, 0.3) is 0 Å². The molecule has 0 heterocycles. The molecule has 0 aromatic rings. The summed E-state index contributed by atoms with van der Waals surface area (Å²) in [5.41, 5.74) is 0. The van der Waals surface area contributed by atoms with Crippen molar-refractivity contribution in [3.05, 3.63) is 0 Å². The molecule has 1 unspecified atom stereocenters. The van der Waals surface area contributed by atoms with Gasteiger partial charge in [-0.2, -0.15) is 8.78 Å². The van der Waals surface area contributed by atoms with Crippen LogP contribution in [0, 0.1) is 5.92 Å². The standard InChI is InChI=1S/C14H23F2IO2/c1-2-8-19-10-12(17)9-14(15,16)13(18)11-6-4-3-5-7-11/h11-12H,2-10H2,1H3. The highest BCUT2D eigenvalue weighted by molar-refractivity contribution is 14.1. The molecule has 1 aliphatic carbocycles. The lowest BCUT2D eigenvalue weighted by atomic mass is 9.83. The van der Waals surface area contributed by atoms with E-state index in [1.54, 1.807) is 0 Å². The summed E-state index contributed by atoms with van der Waals surface area (Å²) in [4.78, 5) is 11.9. The Morgan fingerprint density at radius 3 is 2.58 bits per heavy atom. The number of hydrogen-bond donors (Lipinski definition) is 0. The Morgan fingerprint density at radius 1 is 1.37 bits per heavy atom. The molecule has 0 saturated heterocycles. The highest BCUT2D eigenvalue weighted by Crippen LogP contribution is 2.34. The molecule has 112 valence electrons. The molecule has 5 heteroatoms. The van der Waals surface area contributed by atoms with Crippen molar-refractivity contribution in [3.8, 4) is 0 Å². The van der Waals surface area contributed by atoms with E-state index in [2.05, 4.69) is 0 Å². The Balaban J connectivity index is 2.42. The number of rotatable bonds is 8. The van der Waals surface area contributed by atoms with E-state index in [0.717, 1.165) is 25.7 Å². The predicted molar refractivity (Wildman–Crippen MR) is 80.1 cm³/mol. The van der Waals surface area contributed by atoms with Gasteiger partial charge in [0.05, 0.1) is 6.61 Å². The van der Waals surface area contributed by atoms with Gasteiger partial charge in [0.2, 0.25) is 5.78 Å². The third kappa shape index (κ3) is 6.02. The molecule has 1 saturated carbocycles. The lowest BCUT2D eigenvalue weighted by Crippen LogP contribution is -2.38. The minimum absolute atomic E-state index is 0.294. The van der Waals surface area contributed by atoms with E-state index in [1.807, 2.05) is 29.5 Å². The minimum atomic E-state index is -3.19. The lowest BCUT2D eigenvalue weighted by molar-refractivity contribution is -0.149. The molecule has 1 fully saturated rings. The van der Waals surface area contributed by atoms with Crippen LogP contribution >= 0.6 is 22.6 Å². The summed E-state index contributed by atoms with van der Waals surface area (Å²) in [5.74, 6) is -4.46. The fraction of sp³-hybridized carbons (Fsp3) is 0.929. The average Bonchev–Trinajstić information content (AvgIpc) is 2.38. The van der Waals surface area contributed by atoms with Crippen molar-refractivity contribution < 1.29 is 18.3 Å². The van der Waals surface area contributed by atoms with Crippen LogP contribution in [0.5, 0.6) is 0 Å². The summed E-state index contributed by atoms with van der Waals surface area (Å²) < 4.78 is 32.9. The molecular weight excluding hydrogens is 365 g/mol. The maximum absolute atomic E-state index is 14.0. The molecule has 0 spiro atoms. The van der Waals surface area contributed by atoms with Crippen LogP contribution in [0.3, 0.4) is 0 Å². The Labute approximate surface area is 127 Å². The summed E-state index contributed by atoms with van der Waals surface area (Å²) >= 11 is 1.95. The highest BCUT2D eigenvalue weighted by atomic mass is 127. The lowest BCUT2D eigenvalue weighted by Gasteiger charge is -2.26. The number of ketones is 1. The number of halogens is 3. The van der Waals surface area contributed by atoms with E-state index in [1.165, 1.54) is 0 Å². The second-order valence-corrected chi connectivity index (χ2v) is 7.04. The SMILES string of the molecule is CCCOCC(I)CC(F)(F)C(=O)C1CCCCC1. The number of Topliss-reactive ketones (excluding diaryl/α,β-unsaturated/α-hetero) is 1. The molecule has 0 amide bonds. The highest BCUT2D eigenvalue weighted by Gasteiger charge is 2.44. The van der Waals surface area contributed by atoms with Crippen LogP contribution in [0.1, 0.15) is 51.9 Å². The Bertz CT molecular complexity index is 279. The minimum Gasteiger partial charge on any atom is -0.380 e. The summed E-state index contributed by atoms with van der Waals surface area (Å²) in [6.07, 6.45) is 4.61. The first-order valence-electron chi connectivity index (χ1n) is 7.11. The number of hydrogen-bond acceptors (Lipinski definition) is 2. The van der Waals surface area contributed by atoms with Gasteiger partial charge >= 0.3 is 5.92 Å². The molecule has 0 bridgehead atoms. The van der Waals surface area contributed by atoms with Crippen molar-refractivity contribution in [2.75, 3.05) is 13.2 Å². The van der Waals surface area contributed by atoms with Gasteiger partial charge in [-0.25, -0.2) is 0 Å². The molecule has 19 heavy (non-hydrogen) atoms. The van der Waals surface area contributed by atoms with Gasteiger partial charge in [0, 0.05) is 22.9 Å². The molecule has 2 nitrogen and oxygen atoms in total. The van der Waals surface area contributed by atoms with E-state index in [-0.39, 0.29) is 3.92 Å². The van der Waals surface area contributed by atoms with Crippen LogP contribution in [-0.4, -0.2) is 28.8 Å². The second-order valence-electron chi connectivity index (χ2n) is 5.28. The molecule has 0 aromatic carbocycles. The van der Waals surface area contributed by atoms with Gasteiger partial charge in [-0.05, 0) is 19.3 Å². The third-order valence-electron chi connectivity index (χ3n) is 3.46. The summed E-state index contributed by atoms with van der Waals surface area (Å²) in [6.45, 7) is 2.85. The van der Waals surface area contributed by atoms with Crippen molar-refractivity contribution in [1.82, 2.24) is 0 Å². The second kappa shape index (κ2) is 8.49. The van der Waals surface area contributed by atoms with Gasteiger partial charge < -0.3 is 4.74 Å². The van der Waals surface area contributed by atoms with Gasteiger partial charge in [-0.15, -0.1) is 0 Å². The molecule has 0 radical (unpaired) electrons. The van der Waals surface area contributed by atoms with Crippen LogP contribution < -0.4 is 0 Å². The Kier molecular flexibility index (Phi) is 7.72. The molecule has 0 aliphatic heterocycles. The maximum atomic E-state index is 14.0. The zero-order valence-electron chi connectivity index (χ0n) is 11.5. The van der Waals surface area contributed by atoms with Gasteiger partial charge in [0.15, 0.2) is 0 Å². The Morgan fingerprint density at radius 2 is 2.00 bits per heavy atom. The van der Waals surface area contributed by atoms with E-state index < -0.39 is 24.0 Å². The van der Waals surface area contributed by atoms with E-state index in [0.29, 0.717) is 26.1 Å². The van der Waals surface area contributed by atoms with E-state index in [9.17, 15) is 13.6 Å². The average molecular weight is 388 g/mol. The van der Waals surface area contributed by atoms with Crippen LogP contribution in [0.4, 0.5) is 8.78 Å². The number of ether oxygens (including phenoxy) is 1. The fourth-order valence-electron chi connectivity index (χ4n) is 2.46. The normalized spacial score (nSPS) is 19.4. The van der Waals surface area contributed by atoms with E-state index in [4.69, 9.17) is 4.74 Å². The number of carbonyl (C=O) groups excluding carboxylic acids is 1. The van der Waals surface area contributed by atoms with Gasteiger partial charge in [0.1, 0.15) is 0 Å². The summed E-state index contributed by atoms with van der Waals surface area (Å²) in [7, 11) is 0. The van der Waals surface area contributed by atoms with Gasteiger partial charge in [-0.3, -0.25) is 4.79 Å². The topological polar surface area (TPSA) is 26.3 Å². The molecule has 0 N–H and O–H groups in total. The first-order chi connectivity index (χ1) is 8.97. The Hall–Kier alpha value is 0.220. The van der Waals surface area contributed by atoms with Crippen LogP contribution in [0.2, 0.25) is 0 Å². The van der Waals surface area contributed by atoms with Crippen molar-refractivity contribution >= 4 is 28.4 Å². The summed E-state index contributed by atoms with van der Waals surface area (Å²) in [5, 5.41) is 0. The van der Waals surface area contributed by atoms with E-state index >= 15 is 0 Å². The molecule has 0 aromatic heterocycles.